The van der Waals surface area contributed by atoms with E-state index in [1.54, 1.807) is 6.33 Å². The molecule has 7 heteroatoms. The summed E-state index contributed by atoms with van der Waals surface area (Å²) in [4.78, 5) is 27.7. The van der Waals surface area contributed by atoms with E-state index in [0.717, 1.165) is 47.6 Å². The number of amides is 1. The smallest absolute Gasteiger partial charge is 0.243 e. The largest absolute Gasteiger partial charge is 0.448 e. The average molecular weight is 337 g/mol. The van der Waals surface area contributed by atoms with Crippen LogP contribution in [-0.4, -0.2) is 33.4 Å². The zero-order valence-corrected chi connectivity index (χ0v) is 14.0. The Bertz CT molecular complexity index is 902. The Hall–Kier alpha value is -2.96. The van der Waals surface area contributed by atoms with Crippen LogP contribution in [0, 0.1) is 6.92 Å². The second-order valence-electron chi connectivity index (χ2n) is 6.14. The molecule has 1 N–H and O–H groups in total. The van der Waals surface area contributed by atoms with Crippen LogP contribution in [0.3, 0.4) is 0 Å². The lowest BCUT2D eigenvalue weighted by molar-refractivity contribution is -0.122. The molecule has 1 aliphatic rings. The molecule has 3 heterocycles. The van der Waals surface area contributed by atoms with E-state index < -0.39 is 0 Å². The van der Waals surface area contributed by atoms with Crippen LogP contribution in [-0.2, 0) is 11.3 Å². The summed E-state index contributed by atoms with van der Waals surface area (Å²) < 4.78 is 5.17. The molecule has 2 aromatic heterocycles. The quantitative estimate of drug-likeness (QED) is 0.786. The molecule has 0 radical (unpaired) electrons. The molecule has 0 spiro atoms. The van der Waals surface area contributed by atoms with E-state index in [1.807, 2.05) is 31.2 Å². The van der Waals surface area contributed by atoms with Gasteiger partial charge in [0.15, 0.2) is 6.39 Å². The molecule has 25 heavy (non-hydrogen) atoms. The molecule has 4 rings (SSSR count). The van der Waals surface area contributed by atoms with Gasteiger partial charge < -0.3 is 14.6 Å². The minimum Gasteiger partial charge on any atom is -0.448 e. The predicted molar refractivity (Wildman–Crippen MR) is 93.0 cm³/mol. The zero-order chi connectivity index (χ0) is 17.2. The number of anilines is 1. The normalized spacial score (nSPS) is 17.2. The zero-order valence-electron chi connectivity index (χ0n) is 14.0. The molecule has 0 aliphatic carbocycles. The van der Waals surface area contributed by atoms with Crippen molar-refractivity contribution in [2.45, 2.75) is 32.4 Å². The van der Waals surface area contributed by atoms with Crippen molar-refractivity contribution in [3.8, 4) is 0 Å². The second kappa shape index (κ2) is 6.51. The number of aryl methyl sites for hydroxylation is 1. The van der Waals surface area contributed by atoms with Gasteiger partial charge in [0.25, 0.3) is 0 Å². The number of oxazole rings is 1. The van der Waals surface area contributed by atoms with E-state index in [0.29, 0.717) is 6.54 Å². The Morgan fingerprint density at radius 1 is 1.32 bits per heavy atom. The number of nitrogens with zero attached hydrogens (tertiary/aromatic N) is 4. The molecule has 1 atom stereocenters. The predicted octanol–water partition coefficient (Wildman–Crippen LogP) is 2.21. The average Bonchev–Trinajstić information content (AvgIpc) is 3.28. The molecule has 1 unspecified atom stereocenters. The van der Waals surface area contributed by atoms with E-state index in [4.69, 9.17) is 4.42 Å². The summed E-state index contributed by atoms with van der Waals surface area (Å²) in [6, 6.07) is 7.64. The number of carbonyl (C=O) groups is 1. The minimum atomic E-state index is -0.231. The van der Waals surface area contributed by atoms with Gasteiger partial charge in [-0.3, -0.25) is 4.79 Å². The van der Waals surface area contributed by atoms with Crippen molar-refractivity contribution in [1.29, 1.82) is 0 Å². The van der Waals surface area contributed by atoms with Crippen LogP contribution in [0.5, 0.6) is 0 Å². The minimum absolute atomic E-state index is 0.0115. The SMILES string of the molecule is Cc1ocnc1CNC(=O)C1CCCN1c1ncnc2ccccc12. The molecule has 7 nitrogen and oxygen atoms in total. The first-order valence-electron chi connectivity index (χ1n) is 8.37. The van der Waals surface area contributed by atoms with Crippen molar-refractivity contribution in [1.82, 2.24) is 20.3 Å². The Morgan fingerprint density at radius 2 is 2.20 bits per heavy atom. The summed E-state index contributed by atoms with van der Waals surface area (Å²) >= 11 is 0. The van der Waals surface area contributed by atoms with Crippen molar-refractivity contribution in [3.63, 3.8) is 0 Å². The number of aromatic nitrogens is 3. The molecule has 0 saturated carbocycles. The Balaban J connectivity index is 1.55. The van der Waals surface area contributed by atoms with E-state index in [-0.39, 0.29) is 11.9 Å². The number of nitrogens with one attached hydrogen (secondary N) is 1. The van der Waals surface area contributed by atoms with E-state index in [9.17, 15) is 4.79 Å². The first-order chi connectivity index (χ1) is 12.2. The van der Waals surface area contributed by atoms with Gasteiger partial charge in [-0.05, 0) is 31.9 Å². The van der Waals surface area contributed by atoms with Gasteiger partial charge in [0.1, 0.15) is 29.6 Å². The molecule has 3 aromatic rings. The molecular formula is C18H19N5O2. The summed E-state index contributed by atoms with van der Waals surface area (Å²) in [6.07, 6.45) is 4.72. The number of carbonyl (C=O) groups excluding carboxylic acids is 1. The Labute approximate surface area is 145 Å². The van der Waals surface area contributed by atoms with Crippen molar-refractivity contribution >= 4 is 22.6 Å². The molecular weight excluding hydrogens is 318 g/mol. The fourth-order valence-electron chi connectivity index (χ4n) is 3.30. The summed E-state index contributed by atoms with van der Waals surface area (Å²) in [5.74, 6) is 1.54. The van der Waals surface area contributed by atoms with Gasteiger partial charge in [-0.2, -0.15) is 0 Å². The number of para-hydroxylation sites is 1. The highest BCUT2D eigenvalue weighted by molar-refractivity contribution is 5.93. The van der Waals surface area contributed by atoms with Gasteiger partial charge in [0, 0.05) is 11.9 Å². The monoisotopic (exact) mass is 337 g/mol. The maximum absolute atomic E-state index is 12.7. The van der Waals surface area contributed by atoms with Crippen LogP contribution < -0.4 is 10.2 Å². The molecule has 0 bridgehead atoms. The highest BCUT2D eigenvalue weighted by Gasteiger charge is 2.32. The van der Waals surface area contributed by atoms with Crippen molar-refractivity contribution in [3.05, 3.63) is 48.4 Å². The highest BCUT2D eigenvalue weighted by atomic mass is 16.3. The number of rotatable bonds is 4. The third kappa shape index (κ3) is 2.93. The molecule has 128 valence electrons. The Morgan fingerprint density at radius 3 is 3.04 bits per heavy atom. The summed E-state index contributed by atoms with van der Waals surface area (Å²) in [6.45, 7) is 3.02. The lowest BCUT2D eigenvalue weighted by Crippen LogP contribution is -2.43. The number of hydrogen-bond acceptors (Lipinski definition) is 6. The fourth-order valence-corrected chi connectivity index (χ4v) is 3.30. The first-order valence-corrected chi connectivity index (χ1v) is 8.37. The molecule has 1 fully saturated rings. The fraction of sp³-hybridized carbons (Fsp3) is 0.333. The molecule has 1 aliphatic heterocycles. The number of hydrogen-bond donors (Lipinski definition) is 1. The van der Waals surface area contributed by atoms with Crippen molar-refractivity contribution < 1.29 is 9.21 Å². The van der Waals surface area contributed by atoms with Crippen LogP contribution >= 0.6 is 0 Å². The first kappa shape index (κ1) is 15.6. The Kier molecular flexibility index (Phi) is 4.05. The van der Waals surface area contributed by atoms with Gasteiger partial charge in [-0.25, -0.2) is 15.0 Å². The van der Waals surface area contributed by atoms with Crippen LogP contribution in [0.25, 0.3) is 10.9 Å². The van der Waals surface area contributed by atoms with Gasteiger partial charge in [-0.1, -0.05) is 12.1 Å². The van der Waals surface area contributed by atoms with Crippen LogP contribution in [0.2, 0.25) is 0 Å². The maximum Gasteiger partial charge on any atom is 0.243 e. The van der Waals surface area contributed by atoms with Gasteiger partial charge in [0.2, 0.25) is 5.91 Å². The van der Waals surface area contributed by atoms with E-state index >= 15 is 0 Å². The van der Waals surface area contributed by atoms with Gasteiger partial charge in [-0.15, -0.1) is 0 Å². The summed E-state index contributed by atoms with van der Waals surface area (Å²) in [7, 11) is 0. The highest BCUT2D eigenvalue weighted by Crippen LogP contribution is 2.29. The number of benzene rings is 1. The van der Waals surface area contributed by atoms with Crippen molar-refractivity contribution in [2.75, 3.05) is 11.4 Å². The van der Waals surface area contributed by atoms with Gasteiger partial charge in [0.05, 0.1) is 12.1 Å². The molecule has 1 saturated heterocycles. The molecule has 1 aromatic carbocycles. The van der Waals surface area contributed by atoms with Gasteiger partial charge >= 0.3 is 0 Å². The number of fused-ring (bicyclic) bond motifs is 1. The van der Waals surface area contributed by atoms with Crippen LogP contribution in [0.4, 0.5) is 5.82 Å². The third-order valence-electron chi connectivity index (χ3n) is 4.62. The van der Waals surface area contributed by atoms with E-state index in [1.165, 1.54) is 6.39 Å². The van der Waals surface area contributed by atoms with Crippen molar-refractivity contribution in [2.24, 2.45) is 0 Å². The third-order valence-corrected chi connectivity index (χ3v) is 4.62. The lowest BCUT2D eigenvalue weighted by atomic mass is 10.2. The van der Waals surface area contributed by atoms with Crippen LogP contribution in [0.1, 0.15) is 24.3 Å². The maximum atomic E-state index is 12.7. The lowest BCUT2D eigenvalue weighted by Gasteiger charge is -2.25. The summed E-state index contributed by atoms with van der Waals surface area (Å²) in [5.41, 5.74) is 1.64. The standard InChI is InChI=1S/C18H19N5O2/c1-12-15(22-11-25-12)9-19-18(24)16-7-4-8-23(16)17-13-5-2-3-6-14(13)20-10-21-17/h2-3,5-6,10-11,16H,4,7-9H2,1H3,(H,19,24). The van der Waals surface area contributed by atoms with E-state index in [2.05, 4.69) is 25.2 Å². The topological polar surface area (TPSA) is 84.2 Å². The molecule has 1 amide bonds. The summed E-state index contributed by atoms with van der Waals surface area (Å²) in [5, 5.41) is 3.94. The second-order valence-corrected chi connectivity index (χ2v) is 6.14. The van der Waals surface area contributed by atoms with Crippen LogP contribution in [0.15, 0.2) is 41.4 Å².